The van der Waals surface area contributed by atoms with E-state index in [9.17, 15) is 8.42 Å². The van der Waals surface area contributed by atoms with Crippen LogP contribution < -0.4 is 10.0 Å². The number of rotatable bonds is 7. The molecule has 1 saturated heterocycles. The molecule has 1 aliphatic heterocycles. The van der Waals surface area contributed by atoms with E-state index in [-0.39, 0.29) is 0 Å². The average molecular weight is 304 g/mol. The zero-order valence-electron chi connectivity index (χ0n) is 11.0. The van der Waals surface area contributed by atoms with Crippen molar-refractivity contribution in [2.75, 3.05) is 26.8 Å². The van der Waals surface area contributed by atoms with Crippen LogP contribution in [0.15, 0.2) is 16.3 Å². The molecule has 0 spiro atoms. The molecule has 5 nitrogen and oxygen atoms in total. The van der Waals surface area contributed by atoms with Crippen LogP contribution in [0.4, 0.5) is 0 Å². The summed E-state index contributed by atoms with van der Waals surface area (Å²) in [7, 11) is -1.57. The predicted octanol–water partition coefficient (Wildman–Crippen LogP) is 1.17. The van der Waals surface area contributed by atoms with Gasteiger partial charge in [-0.3, -0.25) is 0 Å². The van der Waals surface area contributed by atoms with Crippen LogP contribution >= 0.6 is 11.3 Å². The predicted molar refractivity (Wildman–Crippen MR) is 75.8 cm³/mol. The first-order valence-corrected chi connectivity index (χ1v) is 8.78. The fourth-order valence-corrected chi connectivity index (χ4v) is 4.64. The molecule has 0 saturated carbocycles. The third-order valence-electron chi connectivity index (χ3n) is 3.20. The zero-order chi connectivity index (χ0) is 13.7. The third-order valence-corrected chi connectivity index (χ3v) is 5.80. The van der Waals surface area contributed by atoms with E-state index < -0.39 is 10.0 Å². The summed E-state index contributed by atoms with van der Waals surface area (Å²) in [5.74, 6) is 0.488. The Kier molecular flexibility index (Phi) is 5.35. The summed E-state index contributed by atoms with van der Waals surface area (Å²) >= 11 is 1.46. The maximum absolute atomic E-state index is 12.2. The zero-order valence-corrected chi connectivity index (χ0v) is 12.6. The van der Waals surface area contributed by atoms with Gasteiger partial charge in [-0.05, 0) is 37.3 Å². The molecule has 0 bridgehead atoms. The molecule has 0 aliphatic carbocycles. The van der Waals surface area contributed by atoms with Crippen molar-refractivity contribution in [3.05, 3.63) is 16.3 Å². The minimum absolute atomic E-state index is 0.398. The quantitative estimate of drug-likeness (QED) is 0.793. The molecule has 2 rings (SSSR count). The van der Waals surface area contributed by atoms with Crippen LogP contribution in [0.2, 0.25) is 0 Å². The molecule has 2 N–H and O–H groups in total. The minimum Gasteiger partial charge on any atom is -0.381 e. The van der Waals surface area contributed by atoms with Gasteiger partial charge in [-0.1, -0.05) is 0 Å². The van der Waals surface area contributed by atoms with Gasteiger partial charge in [0.2, 0.25) is 10.0 Å². The van der Waals surface area contributed by atoms with Gasteiger partial charge >= 0.3 is 0 Å². The average Bonchev–Trinajstić information content (AvgIpc) is 3.00. The van der Waals surface area contributed by atoms with E-state index in [1.807, 2.05) is 12.4 Å². The molecule has 0 radical (unpaired) electrons. The first kappa shape index (κ1) is 14.9. The standard InChI is InChI=1S/C12H20N2O3S2/c1-13-8-11-12(4-7-18-11)19(15,16)14-5-2-10-3-6-17-9-10/h4,7,10,13-14H,2-3,5-6,8-9H2,1H3. The first-order valence-electron chi connectivity index (χ1n) is 6.42. The summed E-state index contributed by atoms with van der Waals surface area (Å²) in [5, 5.41) is 4.80. The van der Waals surface area contributed by atoms with Crippen molar-refractivity contribution in [3.63, 3.8) is 0 Å². The number of hydrogen-bond donors (Lipinski definition) is 2. The van der Waals surface area contributed by atoms with Crippen molar-refractivity contribution >= 4 is 21.4 Å². The van der Waals surface area contributed by atoms with Crippen LogP contribution in [0.25, 0.3) is 0 Å². The lowest BCUT2D eigenvalue weighted by molar-refractivity contribution is 0.184. The van der Waals surface area contributed by atoms with Gasteiger partial charge < -0.3 is 10.1 Å². The second kappa shape index (κ2) is 6.81. The molecule has 0 aromatic carbocycles. The van der Waals surface area contributed by atoms with Crippen molar-refractivity contribution < 1.29 is 13.2 Å². The number of ether oxygens (including phenoxy) is 1. The lowest BCUT2D eigenvalue weighted by Crippen LogP contribution is -2.27. The smallest absolute Gasteiger partial charge is 0.241 e. The van der Waals surface area contributed by atoms with Gasteiger partial charge in [-0.15, -0.1) is 11.3 Å². The number of sulfonamides is 1. The molecule has 1 fully saturated rings. The molecule has 1 unspecified atom stereocenters. The Hall–Kier alpha value is -0.470. The molecule has 19 heavy (non-hydrogen) atoms. The van der Waals surface area contributed by atoms with E-state index in [4.69, 9.17) is 4.74 Å². The van der Waals surface area contributed by atoms with E-state index in [1.54, 1.807) is 6.07 Å². The molecule has 1 aromatic rings. The summed E-state index contributed by atoms with van der Waals surface area (Å²) in [6, 6.07) is 1.67. The second-order valence-corrected chi connectivity index (χ2v) is 7.39. The maximum atomic E-state index is 12.2. The monoisotopic (exact) mass is 304 g/mol. The third kappa shape index (κ3) is 4.00. The van der Waals surface area contributed by atoms with Gasteiger partial charge in [0.1, 0.15) is 0 Å². The molecule has 1 aliphatic rings. The van der Waals surface area contributed by atoms with Gasteiger partial charge in [0.05, 0.1) is 4.90 Å². The van der Waals surface area contributed by atoms with E-state index in [0.717, 1.165) is 30.9 Å². The summed E-state index contributed by atoms with van der Waals surface area (Å²) in [5.41, 5.74) is 0. The van der Waals surface area contributed by atoms with E-state index in [2.05, 4.69) is 10.0 Å². The highest BCUT2D eigenvalue weighted by molar-refractivity contribution is 7.89. The summed E-state index contributed by atoms with van der Waals surface area (Å²) < 4.78 is 32.4. The molecule has 2 heterocycles. The van der Waals surface area contributed by atoms with Crippen molar-refractivity contribution in [2.24, 2.45) is 5.92 Å². The number of hydrogen-bond acceptors (Lipinski definition) is 5. The Morgan fingerprint density at radius 1 is 1.53 bits per heavy atom. The highest BCUT2D eigenvalue weighted by Crippen LogP contribution is 2.22. The van der Waals surface area contributed by atoms with Gasteiger partial charge in [0, 0.05) is 31.2 Å². The topological polar surface area (TPSA) is 67.4 Å². The van der Waals surface area contributed by atoms with E-state index in [0.29, 0.717) is 23.9 Å². The van der Waals surface area contributed by atoms with Crippen LogP contribution in [0.3, 0.4) is 0 Å². The van der Waals surface area contributed by atoms with Crippen molar-refractivity contribution in [3.8, 4) is 0 Å². The Bertz CT molecular complexity index is 493. The normalized spacial score (nSPS) is 19.9. The molecular weight excluding hydrogens is 284 g/mol. The van der Waals surface area contributed by atoms with Crippen molar-refractivity contribution in [2.45, 2.75) is 24.3 Å². The van der Waals surface area contributed by atoms with Crippen molar-refractivity contribution in [1.82, 2.24) is 10.0 Å². The first-order chi connectivity index (χ1) is 9.13. The van der Waals surface area contributed by atoms with Gasteiger partial charge in [0.25, 0.3) is 0 Å². The summed E-state index contributed by atoms with van der Waals surface area (Å²) in [6.45, 7) is 2.61. The largest absolute Gasteiger partial charge is 0.381 e. The van der Waals surface area contributed by atoms with Crippen LogP contribution in [0.5, 0.6) is 0 Å². The highest BCUT2D eigenvalue weighted by atomic mass is 32.2. The molecule has 1 aromatic heterocycles. The molecule has 0 amide bonds. The van der Waals surface area contributed by atoms with Crippen LogP contribution in [0.1, 0.15) is 17.7 Å². The van der Waals surface area contributed by atoms with Gasteiger partial charge in [0.15, 0.2) is 0 Å². The maximum Gasteiger partial charge on any atom is 0.241 e. The van der Waals surface area contributed by atoms with Crippen LogP contribution in [-0.4, -0.2) is 35.2 Å². The minimum atomic E-state index is -3.38. The summed E-state index contributed by atoms with van der Waals surface area (Å²) in [6.07, 6.45) is 1.87. The fraction of sp³-hybridized carbons (Fsp3) is 0.667. The molecular formula is C12H20N2O3S2. The molecule has 1 atom stereocenters. The molecule has 7 heteroatoms. The number of nitrogens with one attached hydrogen (secondary N) is 2. The SMILES string of the molecule is CNCc1sccc1S(=O)(=O)NCCC1CCOC1. The summed E-state index contributed by atoms with van der Waals surface area (Å²) in [4.78, 5) is 1.24. The Morgan fingerprint density at radius 3 is 3.05 bits per heavy atom. The van der Waals surface area contributed by atoms with E-state index >= 15 is 0 Å². The lowest BCUT2D eigenvalue weighted by atomic mass is 10.1. The van der Waals surface area contributed by atoms with Gasteiger partial charge in [-0.2, -0.15) is 0 Å². The number of thiophene rings is 1. The highest BCUT2D eigenvalue weighted by Gasteiger charge is 2.20. The van der Waals surface area contributed by atoms with Crippen LogP contribution in [0, 0.1) is 5.92 Å². The second-order valence-electron chi connectivity index (χ2n) is 4.65. The fourth-order valence-electron chi connectivity index (χ4n) is 2.14. The molecule has 108 valence electrons. The van der Waals surface area contributed by atoms with Crippen LogP contribution in [-0.2, 0) is 21.3 Å². The lowest BCUT2D eigenvalue weighted by Gasteiger charge is -2.10. The van der Waals surface area contributed by atoms with Crippen molar-refractivity contribution in [1.29, 1.82) is 0 Å². The van der Waals surface area contributed by atoms with E-state index in [1.165, 1.54) is 11.3 Å². The Morgan fingerprint density at radius 2 is 2.37 bits per heavy atom. The van der Waals surface area contributed by atoms with Gasteiger partial charge in [-0.25, -0.2) is 13.1 Å². The Balaban J connectivity index is 1.91. The Labute approximate surface area is 118 Å².